The topological polar surface area (TPSA) is 72.0 Å². The lowest BCUT2D eigenvalue weighted by molar-refractivity contribution is -0.0769. The molecule has 0 aliphatic rings. The summed E-state index contributed by atoms with van der Waals surface area (Å²) in [7, 11) is 5.65. The number of hydrogen-bond acceptors (Lipinski definition) is 5. The molecular weight excluding hydrogens is 238 g/mol. The average molecular weight is 253 g/mol. The largest absolute Gasteiger partial charge is 0.295 e. The van der Waals surface area contributed by atoms with E-state index >= 15 is 0 Å². The van der Waals surface area contributed by atoms with Crippen molar-refractivity contribution in [1.29, 1.82) is 0 Å². The highest BCUT2D eigenvalue weighted by Crippen LogP contribution is 2.05. The molecule has 1 heterocycles. The van der Waals surface area contributed by atoms with E-state index in [2.05, 4.69) is 4.98 Å². The van der Waals surface area contributed by atoms with Crippen molar-refractivity contribution in [3.63, 3.8) is 0 Å². The molecule has 0 atom stereocenters. The summed E-state index contributed by atoms with van der Waals surface area (Å²) in [4.78, 5) is 37.0. The van der Waals surface area contributed by atoms with Gasteiger partial charge in [0.2, 0.25) is 0 Å². The minimum atomic E-state index is -0.438. The van der Waals surface area contributed by atoms with Gasteiger partial charge in [-0.2, -0.15) is 0 Å². The van der Waals surface area contributed by atoms with Crippen LogP contribution in [0.2, 0.25) is 0 Å². The van der Waals surface area contributed by atoms with Crippen LogP contribution in [0.15, 0.2) is 18.2 Å². The molecule has 98 valence electrons. The third-order valence-corrected chi connectivity index (χ3v) is 2.31. The summed E-state index contributed by atoms with van der Waals surface area (Å²) in [5.74, 6) is -0.876. The second-order valence-electron chi connectivity index (χ2n) is 3.38. The van der Waals surface area contributed by atoms with Gasteiger partial charge in [-0.1, -0.05) is 6.07 Å². The standard InChI is InChI=1S/C11H15N3O4/c1-13(17-3)10(15)8-6-5-7-9(12-8)11(16)14(2)18-4/h5-7H,1-4H3. The van der Waals surface area contributed by atoms with Crippen LogP contribution in [0.5, 0.6) is 0 Å². The van der Waals surface area contributed by atoms with Crippen LogP contribution in [-0.2, 0) is 9.68 Å². The van der Waals surface area contributed by atoms with Crippen molar-refractivity contribution in [2.45, 2.75) is 0 Å². The molecular formula is C11H15N3O4. The number of nitrogens with zero attached hydrogens (tertiary/aromatic N) is 3. The Morgan fingerprint density at radius 2 is 1.39 bits per heavy atom. The Morgan fingerprint density at radius 3 is 1.72 bits per heavy atom. The van der Waals surface area contributed by atoms with Crippen molar-refractivity contribution in [3.05, 3.63) is 29.6 Å². The Balaban J connectivity index is 2.99. The van der Waals surface area contributed by atoms with Gasteiger partial charge in [-0.25, -0.2) is 15.1 Å². The molecule has 1 aromatic rings. The van der Waals surface area contributed by atoms with Crippen molar-refractivity contribution in [2.24, 2.45) is 0 Å². The molecule has 0 aliphatic heterocycles. The fraction of sp³-hybridized carbons (Fsp3) is 0.364. The zero-order valence-electron chi connectivity index (χ0n) is 10.7. The minimum absolute atomic E-state index is 0.120. The van der Waals surface area contributed by atoms with E-state index < -0.39 is 11.8 Å². The lowest BCUT2D eigenvalue weighted by Gasteiger charge is -2.15. The first-order chi connectivity index (χ1) is 8.51. The average Bonchev–Trinajstić information content (AvgIpc) is 2.43. The van der Waals surface area contributed by atoms with Gasteiger partial charge in [0.15, 0.2) is 0 Å². The van der Waals surface area contributed by atoms with E-state index in [9.17, 15) is 9.59 Å². The molecule has 0 aromatic carbocycles. The number of amides is 2. The van der Waals surface area contributed by atoms with E-state index in [-0.39, 0.29) is 11.4 Å². The van der Waals surface area contributed by atoms with Crippen LogP contribution in [0.1, 0.15) is 21.0 Å². The molecule has 1 rings (SSSR count). The summed E-state index contributed by atoms with van der Waals surface area (Å²) in [5.41, 5.74) is 0.240. The summed E-state index contributed by atoms with van der Waals surface area (Å²) >= 11 is 0. The third-order valence-electron chi connectivity index (χ3n) is 2.31. The van der Waals surface area contributed by atoms with Gasteiger partial charge in [0.25, 0.3) is 11.8 Å². The number of carbonyl (C=O) groups excluding carboxylic acids is 2. The normalized spacial score (nSPS) is 10.0. The summed E-state index contributed by atoms with van der Waals surface area (Å²) in [6.07, 6.45) is 0. The van der Waals surface area contributed by atoms with Crippen molar-refractivity contribution in [3.8, 4) is 0 Å². The Labute approximate surface area is 105 Å². The first kappa shape index (κ1) is 14.1. The molecule has 0 saturated carbocycles. The highest BCUT2D eigenvalue weighted by Gasteiger charge is 2.17. The van der Waals surface area contributed by atoms with Gasteiger partial charge in [-0.05, 0) is 12.1 Å². The van der Waals surface area contributed by atoms with Crippen LogP contribution in [0.3, 0.4) is 0 Å². The quantitative estimate of drug-likeness (QED) is 0.724. The van der Waals surface area contributed by atoms with Crippen molar-refractivity contribution in [2.75, 3.05) is 28.3 Å². The van der Waals surface area contributed by atoms with Gasteiger partial charge >= 0.3 is 0 Å². The summed E-state index contributed by atoms with van der Waals surface area (Å²) in [6.45, 7) is 0. The van der Waals surface area contributed by atoms with Gasteiger partial charge in [0.1, 0.15) is 11.4 Å². The Hall–Kier alpha value is -1.99. The predicted molar refractivity (Wildman–Crippen MR) is 62.4 cm³/mol. The SMILES string of the molecule is CON(C)C(=O)c1cccc(C(=O)N(C)OC)n1. The molecule has 18 heavy (non-hydrogen) atoms. The van der Waals surface area contributed by atoms with E-state index in [0.717, 1.165) is 10.1 Å². The fourth-order valence-electron chi connectivity index (χ4n) is 1.16. The third kappa shape index (κ3) is 3.02. The molecule has 0 radical (unpaired) electrons. The second kappa shape index (κ2) is 6.08. The number of hydrogen-bond donors (Lipinski definition) is 0. The lowest BCUT2D eigenvalue weighted by Crippen LogP contribution is -2.29. The molecule has 1 aromatic heterocycles. The minimum Gasteiger partial charge on any atom is -0.274 e. The highest BCUT2D eigenvalue weighted by atomic mass is 16.7. The Kier molecular flexibility index (Phi) is 4.75. The predicted octanol–water partition coefficient (Wildman–Crippen LogP) is 0.348. The first-order valence-electron chi connectivity index (χ1n) is 5.12. The van der Waals surface area contributed by atoms with Crippen LogP contribution < -0.4 is 0 Å². The van der Waals surface area contributed by atoms with Gasteiger partial charge in [0.05, 0.1) is 14.2 Å². The number of rotatable bonds is 4. The van der Waals surface area contributed by atoms with Crippen LogP contribution in [0.25, 0.3) is 0 Å². The van der Waals surface area contributed by atoms with Crippen molar-refractivity contribution < 1.29 is 19.3 Å². The number of aromatic nitrogens is 1. The maximum atomic E-state index is 11.8. The number of carbonyl (C=O) groups is 2. The molecule has 7 heteroatoms. The van der Waals surface area contributed by atoms with E-state index in [1.807, 2.05) is 0 Å². The summed E-state index contributed by atoms with van der Waals surface area (Å²) in [5, 5.41) is 2.05. The zero-order chi connectivity index (χ0) is 13.7. The zero-order valence-corrected chi connectivity index (χ0v) is 10.7. The molecule has 0 spiro atoms. The lowest BCUT2D eigenvalue weighted by atomic mass is 10.2. The van der Waals surface area contributed by atoms with Crippen molar-refractivity contribution in [1.82, 2.24) is 15.1 Å². The molecule has 2 amide bonds. The summed E-state index contributed by atoms with van der Waals surface area (Å²) < 4.78 is 0. The number of hydroxylamine groups is 4. The monoisotopic (exact) mass is 253 g/mol. The maximum absolute atomic E-state index is 11.8. The molecule has 7 nitrogen and oxygen atoms in total. The molecule has 0 unspecified atom stereocenters. The highest BCUT2D eigenvalue weighted by molar-refractivity contribution is 5.95. The maximum Gasteiger partial charge on any atom is 0.295 e. The van der Waals surface area contributed by atoms with Crippen LogP contribution in [0, 0.1) is 0 Å². The summed E-state index contributed by atoms with van der Waals surface area (Å²) in [6, 6.07) is 4.57. The van der Waals surface area contributed by atoms with Gasteiger partial charge in [-0.15, -0.1) is 0 Å². The molecule has 0 saturated heterocycles. The Bertz CT molecular complexity index is 412. The van der Waals surface area contributed by atoms with E-state index in [4.69, 9.17) is 9.68 Å². The van der Waals surface area contributed by atoms with Gasteiger partial charge < -0.3 is 0 Å². The fourth-order valence-corrected chi connectivity index (χ4v) is 1.16. The van der Waals surface area contributed by atoms with E-state index in [1.165, 1.54) is 40.4 Å². The van der Waals surface area contributed by atoms with Crippen LogP contribution in [0.4, 0.5) is 0 Å². The second-order valence-corrected chi connectivity index (χ2v) is 3.38. The van der Waals surface area contributed by atoms with E-state index in [0.29, 0.717) is 0 Å². The van der Waals surface area contributed by atoms with Crippen LogP contribution in [-0.4, -0.2) is 55.2 Å². The molecule has 0 bridgehead atoms. The molecule has 0 aliphatic carbocycles. The van der Waals surface area contributed by atoms with E-state index in [1.54, 1.807) is 6.07 Å². The molecule has 0 fully saturated rings. The first-order valence-corrected chi connectivity index (χ1v) is 5.12. The Morgan fingerprint density at radius 1 is 1.00 bits per heavy atom. The number of pyridine rings is 1. The smallest absolute Gasteiger partial charge is 0.274 e. The van der Waals surface area contributed by atoms with Gasteiger partial charge in [0, 0.05) is 14.1 Å². The van der Waals surface area contributed by atoms with Crippen LogP contribution >= 0.6 is 0 Å². The van der Waals surface area contributed by atoms with Crippen molar-refractivity contribution >= 4 is 11.8 Å². The van der Waals surface area contributed by atoms with Gasteiger partial charge in [-0.3, -0.25) is 19.3 Å². The molecule has 0 N–H and O–H groups in total.